The Hall–Kier alpha value is -1.79. The van der Waals surface area contributed by atoms with Crippen molar-refractivity contribution in [2.75, 3.05) is 38.1 Å². The number of nitrogens with one attached hydrogen (secondary N) is 1. The Morgan fingerprint density at radius 3 is 2.88 bits per heavy atom. The molecule has 1 saturated heterocycles. The Morgan fingerprint density at radius 1 is 1.35 bits per heavy atom. The zero-order chi connectivity index (χ0) is 17.8. The molecule has 0 bridgehead atoms. The fraction of sp³-hybridized carbons (Fsp3) is 0.579. The van der Waals surface area contributed by atoms with Gasteiger partial charge in [0.2, 0.25) is 5.91 Å². The van der Waals surface area contributed by atoms with Crippen LogP contribution in [0.1, 0.15) is 26.2 Å². The normalized spacial score (nSPS) is 22.3. The number of ether oxygens (including phenoxy) is 1. The van der Waals surface area contributed by atoms with Crippen LogP contribution in [0.3, 0.4) is 0 Å². The Bertz CT molecular complexity index is 638. The molecule has 144 valence electrons. The Morgan fingerprint density at radius 2 is 2.12 bits per heavy atom. The molecule has 0 radical (unpaired) electrons. The van der Waals surface area contributed by atoms with Gasteiger partial charge in [-0.15, -0.1) is 12.4 Å². The topological polar surface area (TPSA) is 61.9 Å². The van der Waals surface area contributed by atoms with E-state index >= 15 is 0 Å². The molecular weight excluding hydrogens is 354 g/mol. The maximum atomic E-state index is 12.6. The third kappa shape index (κ3) is 4.48. The van der Waals surface area contributed by atoms with Gasteiger partial charge in [0.1, 0.15) is 5.75 Å². The molecule has 1 fully saturated rings. The zero-order valence-electron chi connectivity index (χ0n) is 15.4. The molecular formula is C19H28ClN3O3. The second-order valence-corrected chi connectivity index (χ2v) is 6.87. The van der Waals surface area contributed by atoms with E-state index in [1.807, 2.05) is 36.2 Å². The molecule has 6 nitrogen and oxygen atoms in total. The molecule has 0 spiro atoms. The summed E-state index contributed by atoms with van der Waals surface area (Å²) >= 11 is 0. The Balaban J connectivity index is 0.00000243. The van der Waals surface area contributed by atoms with Gasteiger partial charge in [-0.2, -0.15) is 0 Å². The van der Waals surface area contributed by atoms with Crippen LogP contribution >= 0.6 is 12.4 Å². The fourth-order valence-electron chi connectivity index (χ4n) is 3.70. The highest BCUT2D eigenvalue weighted by atomic mass is 35.5. The van der Waals surface area contributed by atoms with Crippen molar-refractivity contribution < 1.29 is 14.3 Å². The summed E-state index contributed by atoms with van der Waals surface area (Å²) in [5.74, 6) is 1.27. The highest BCUT2D eigenvalue weighted by molar-refractivity contribution is 6.00. The molecule has 26 heavy (non-hydrogen) atoms. The van der Waals surface area contributed by atoms with Crippen molar-refractivity contribution in [3.63, 3.8) is 0 Å². The van der Waals surface area contributed by atoms with Gasteiger partial charge in [-0.25, -0.2) is 0 Å². The molecule has 0 aliphatic carbocycles. The third-order valence-corrected chi connectivity index (χ3v) is 4.99. The number of fused-ring (bicyclic) bond motifs is 1. The Labute approximate surface area is 161 Å². The lowest BCUT2D eigenvalue weighted by Gasteiger charge is -2.35. The lowest BCUT2D eigenvalue weighted by molar-refractivity contribution is -0.133. The molecule has 7 heteroatoms. The summed E-state index contributed by atoms with van der Waals surface area (Å²) in [5, 5.41) is 3.20. The molecule has 3 rings (SSSR count). The fourth-order valence-corrected chi connectivity index (χ4v) is 3.70. The van der Waals surface area contributed by atoms with Crippen molar-refractivity contribution in [3.05, 3.63) is 24.3 Å². The summed E-state index contributed by atoms with van der Waals surface area (Å²) in [4.78, 5) is 28.7. The summed E-state index contributed by atoms with van der Waals surface area (Å²) in [6, 6.07) is 7.50. The lowest BCUT2D eigenvalue weighted by atomic mass is 9.98. The molecule has 2 amide bonds. The van der Waals surface area contributed by atoms with E-state index in [0.717, 1.165) is 38.2 Å². The number of amides is 2. The van der Waals surface area contributed by atoms with Crippen LogP contribution in [-0.2, 0) is 9.59 Å². The zero-order valence-corrected chi connectivity index (χ0v) is 16.3. The van der Waals surface area contributed by atoms with Crippen LogP contribution in [0.25, 0.3) is 0 Å². The van der Waals surface area contributed by atoms with E-state index in [1.54, 1.807) is 11.8 Å². The minimum Gasteiger partial charge on any atom is -0.479 e. The molecule has 1 N–H and O–H groups in total. The SMILES string of the molecule is CNCC1CCCN(C(=O)CCN2C(=O)C(C)Oc3ccccc32)C1.Cl. The van der Waals surface area contributed by atoms with E-state index in [1.165, 1.54) is 0 Å². The largest absolute Gasteiger partial charge is 0.479 e. The van der Waals surface area contributed by atoms with Crippen LogP contribution < -0.4 is 15.0 Å². The van der Waals surface area contributed by atoms with Gasteiger partial charge in [-0.3, -0.25) is 9.59 Å². The summed E-state index contributed by atoms with van der Waals surface area (Å²) in [6.07, 6.45) is 2.05. The van der Waals surface area contributed by atoms with E-state index < -0.39 is 6.10 Å². The summed E-state index contributed by atoms with van der Waals surface area (Å²) in [5.41, 5.74) is 0.755. The molecule has 0 aromatic heterocycles. The number of anilines is 1. The van der Waals surface area contributed by atoms with Crippen LogP contribution in [0.4, 0.5) is 5.69 Å². The van der Waals surface area contributed by atoms with E-state index in [9.17, 15) is 9.59 Å². The first-order valence-corrected chi connectivity index (χ1v) is 9.09. The summed E-state index contributed by atoms with van der Waals surface area (Å²) in [7, 11) is 1.95. The number of carbonyl (C=O) groups is 2. The smallest absolute Gasteiger partial charge is 0.267 e. The number of carbonyl (C=O) groups excluding carboxylic acids is 2. The van der Waals surface area contributed by atoms with Crippen LogP contribution in [-0.4, -0.2) is 56.0 Å². The molecule has 0 saturated carbocycles. The molecule has 2 heterocycles. The van der Waals surface area contributed by atoms with Gasteiger partial charge in [0.25, 0.3) is 5.91 Å². The van der Waals surface area contributed by atoms with Crippen molar-refractivity contribution >= 4 is 29.9 Å². The van der Waals surface area contributed by atoms with Gasteiger partial charge in [-0.05, 0) is 51.4 Å². The molecule has 1 aromatic carbocycles. The molecule has 2 atom stereocenters. The lowest BCUT2D eigenvalue weighted by Crippen LogP contribution is -2.47. The Kier molecular flexibility index (Phi) is 7.29. The standard InChI is InChI=1S/C19H27N3O3.ClH/c1-14-19(24)22(16-7-3-4-8-17(16)25-14)11-9-18(23)21-10-5-6-15(13-21)12-20-2;/h3-4,7-8,14-15,20H,5-6,9-13H2,1-2H3;1H. The number of para-hydroxylation sites is 2. The van der Waals surface area contributed by atoms with Crippen molar-refractivity contribution in [1.29, 1.82) is 0 Å². The number of halogens is 1. The highest BCUT2D eigenvalue weighted by Crippen LogP contribution is 2.33. The monoisotopic (exact) mass is 381 g/mol. The summed E-state index contributed by atoms with van der Waals surface area (Å²) in [6.45, 7) is 4.72. The van der Waals surface area contributed by atoms with Crippen LogP contribution in [0.2, 0.25) is 0 Å². The second kappa shape index (κ2) is 9.24. The van der Waals surface area contributed by atoms with Crippen molar-refractivity contribution in [2.24, 2.45) is 5.92 Å². The van der Waals surface area contributed by atoms with Gasteiger partial charge in [0.05, 0.1) is 5.69 Å². The van der Waals surface area contributed by atoms with Crippen LogP contribution in [0, 0.1) is 5.92 Å². The molecule has 1 aromatic rings. The summed E-state index contributed by atoms with van der Waals surface area (Å²) < 4.78 is 5.64. The first kappa shape index (κ1) is 20.5. The van der Waals surface area contributed by atoms with E-state index in [-0.39, 0.29) is 24.2 Å². The first-order valence-electron chi connectivity index (χ1n) is 9.09. The highest BCUT2D eigenvalue weighted by Gasteiger charge is 2.32. The molecule has 2 aliphatic heterocycles. The van der Waals surface area contributed by atoms with Gasteiger partial charge in [0, 0.05) is 26.1 Å². The maximum Gasteiger partial charge on any atom is 0.267 e. The van der Waals surface area contributed by atoms with Crippen LogP contribution in [0.15, 0.2) is 24.3 Å². The van der Waals surface area contributed by atoms with Gasteiger partial charge < -0.3 is 19.9 Å². The predicted molar refractivity (Wildman–Crippen MR) is 104 cm³/mol. The van der Waals surface area contributed by atoms with E-state index in [0.29, 0.717) is 24.6 Å². The number of piperidine rings is 1. The first-order chi connectivity index (χ1) is 12.1. The average Bonchev–Trinajstić information content (AvgIpc) is 2.62. The minimum atomic E-state index is -0.514. The van der Waals surface area contributed by atoms with Crippen molar-refractivity contribution in [2.45, 2.75) is 32.3 Å². The number of hydrogen-bond acceptors (Lipinski definition) is 4. The number of rotatable bonds is 5. The van der Waals surface area contributed by atoms with Crippen molar-refractivity contribution in [1.82, 2.24) is 10.2 Å². The van der Waals surface area contributed by atoms with Gasteiger partial charge >= 0.3 is 0 Å². The molecule has 2 aliphatic rings. The van der Waals surface area contributed by atoms with Gasteiger partial charge in [-0.1, -0.05) is 12.1 Å². The van der Waals surface area contributed by atoms with Gasteiger partial charge in [0.15, 0.2) is 6.10 Å². The quantitative estimate of drug-likeness (QED) is 0.848. The van der Waals surface area contributed by atoms with Crippen molar-refractivity contribution in [3.8, 4) is 5.75 Å². The predicted octanol–water partition coefficient (Wildman–Crippen LogP) is 2.07. The third-order valence-electron chi connectivity index (χ3n) is 4.99. The van der Waals surface area contributed by atoms with E-state index in [2.05, 4.69) is 5.32 Å². The van der Waals surface area contributed by atoms with E-state index in [4.69, 9.17) is 4.74 Å². The average molecular weight is 382 g/mol. The van der Waals surface area contributed by atoms with Crippen LogP contribution in [0.5, 0.6) is 5.75 Å². The second-order valence-electron chi connectivity index (χ2n) is 6.87. The number of benzene rings is 1. The number of hydrogen-bond donors (Lipinski definition) is 1. The number of nitrogens with zero attached hydrogens (tertiary/aromatic N) is 2. The number of likely N-dealkylation sites (tertiary alicyclic amines) is 1. The maximum absolute atomic E-state index is 12.6. The minimum absolute atomic E-state index is 0. The molecule has 2 unspecified atom stereocenters.